The van der Waals surface area contributed by atoms with Gasteiger partial charge in [-0.1, -0.05) is 6.42 Å². The van der Waals surface area contributed by atoms with Gasteiger partial charge in [-0.05, 0) is 38.6 Å². The number of piperidine rings is 1. The number of pyridine rings is 1. The summed E-state index contributed by atoms with van der Waals surface area (Å²) >= 11 is 0. The lowest BCUT2D eigenvalue weighted by Gasteiger charge is -2.31. The average molecular weight is 230 g/mol. The summed E-state index contributed by atoms with van der Waals surface area (Å²) in [5, 5.41) is 0. The minimum absolute atomic E-state index is 0.440. The molecule has 2 aromatic rings. The molecule has 0 radical (unpaired) electrons. The summed E-state index contributed by atoms with van der Waals surface area (Å²) in [5.41, 5.74) is 7.66. The molecular formula is C13H18N4. The van der Waals surface area contributed by atoms with Crippen molar-refractivity contribution in [2.45, 2.75) is 25.3 Å². The molecule has 1 atom stereocenters. The van der Waals surface area contributed by atoms with Crippen LogP contribution in [0.5, 0.6) is 0 Å². The fourth-order valence-electron chi connectivity index (χ4n) is 2.69. The van der Waals surface area contributed by atoms with Crippen molar-refractivity contribution in [3.05, 3.63) is 30.4 Å². The number of anilines is 1. The van der Waals surface area contributed by atoms with Crippen LogP contribution in [-0.4, -0.2) is 27.9 Å². The number of nitrogens with zero attached hydrogens (tertiary/aromatic N) is 3. The maximum absolute atomic E-state index is 5.79. The van der Waals surface area contributed by atoms with E-state index in [2.05, 4.69) is 21.3 Å². The molecule has 3 heterocycles. The molecule has 90 valence electrons. The molecular weight excluding hydrogens is 212 g/mol. The van der Waals surface area contributed by atoms with Gasteiger partial charge in [0.2, 0.25) is 0 Å². The van der Waals surface area contributed by atoms with Crippen LogP contribution in [0.3, 0.4) is 0 Å². The van der Waals surface area contributed by atoms with Gasteiger partial charge in [-0.2, -0.15) is 0 Å². The molecule has 1 aliphatic heterocycles. The SMILES string of the molecule is CN1CCCCC1c1ncc2cc(N)ccn12. The summed E-state index contributed by atoms with van der Waals surface area (Å²) in [5.74, 6) is 1.14. The predicted molar refractivity (Wildman–Crippen MR) is 68.8 cm³/mol. The number of hydrogen-bond donors (Lipinski definition) is 1. The summed E-state index contributed by atoms with van der Waals surface area (Å²) in [4.78, 5) is 6.97. The topological polar surface area (TPSA) is 46.6 Å². The lowest BCUT2D eigenvalue weighted by atomic mass is 10.0. The maximum atomic E-state index is 5.79. The van der Waals surface area contributed by atoms with Crippen molar-refractivity contribution in [2.75, 3.05) is 19.3 Å². The molecule has 1 unspecified atom stereocenters. The van der Waals surface area contributed by atoms with Crippen LogP contribution >= 0.6 is 0 Å². The highest BCUT2D eigenvalue weighted by Gasteiger charge is 2.24. The van der Waals surface area contributed by atoms with Crippen LogP contribution in [0, 0.1) is 0 Å². The molecule has 0 aromatic carbocycles. The van der Waals surface area contributed by atoms with Crippen LogP contribution < -0.4 is 5.73 Å². The molecule has 0 spiro atoms. The Hall–Kier alpha value is -1.55. The Morgan fingerprint density at radius 3 is 3.12 bits per heavy atom. The highest BCUT2D eigenvalue weighted by molar-refractivity contribution is 5.56. The Bertz CT molecular complexity index is 531. The van der Waals surface area contributed by atoms with Crippen molar-refractivity contribution < 1.29 is 0 Å². The Morgan fingerprint density at radius 2 is 2.29 bits per heavy atom. The third-order valence-electron chi connectivity index (χ3n) is 3.65. The second-order valence-corrected chi connectivity index (χ2v) is 4.86. The number of likely N-dealkylation sites (tertiary alicyclic amines) is 1. The van der Waals surface area contributed by atoms with Crippen LogP contribution in [0.2, 0.25) is 0 Å². The fourth-order valence-corrected chi connectivity index (χ4v) is 2.69. The van der Waals surface area contributed by atoms with Crippen molar-refractivity contribution in [2.24, 2.45) is 0 Å². The van der Waals surface area contributed by atoms with Gasteiger partial charge in [0.15, 0.2) is 0 Å². The first-order valence-corrected chi connectivity index (χ1v) is 6.18. The Balaban J connectivity index is 2.05. The number of aromatic nitrogens is 2. The van der Waals surface area contributed by atoms with Crippen molar-refractivity contribution in [1.29, 1.82) is 0 Å². The Kier molecular flexibility index (Phi) is 2.52. The predicted octanol–water partition coefficient (Wildman–Crippen LogP) is 2.07. The molecule has 0 saturated carbocycles. The number of nitrogen functional groups attached to an aromatic ring is 1. The van der Waals surface area contributed by atoms with E-state index < -0.39 is 0 Å². The van der Waals surface area contributed by atoms with Gasteiger partial charge < -0.3 is 10.1 Å². The van der Waals surface area contributed by atoms with Gasteiger partial charge in [-0.15, -0.1) is 0 Å². The highest BCUT2D eigenvalue weighted by Crippen LogP contribution is 2.29. The molecule has 4 heteroatoms. The smallest absolute Gasteiger partial charge is 0.130 e. The third-order valence-corrected chi connectivity index (χ3v) is 3.65. The van der Waals surface area contributed by atoms with Crippen LogP contribution in [0.4, 0.5) is 5.69 Å². The van der Waals surface area contributed by atoms with Gasteiger partial charge in [-0.3, -0.25) is 4.90 Å². The number of rotatable bonds is 1. The fraction of sp³-hybridized carbons (Fsp3) is 0.462. The molecule has 0 amide bonds. The molecule has 17 heavy (non-hydrogen) atoms. The van der Waals surface area contributed by atoms with E-state index in [1.54, 1.807) is 0 Å². The first kappa shape index (κ1) is 10.6. The first-order chi connectivity index (χ1) is 8.25. The lowest BCUT2D eigenvalue weighted by Crippen LogP contribution is -2.30. The second-order valence-electron chi connectivity index (χ2n) is 4.86. The minimum Gasteiger partial charge on any atom is -0.399 e. The van der Waals surface area contributed by atoms with E-state index >= 15 is 0 Å². The first-order valence-electron chi connectivity index (χ1n) is 6.18. The van der Waals surface area contributed by atoms with Gasteiger partial charge in [0.05, 0.1) is 17.8 Å². The highest BCUT2D eigenvalue weighted by atomic mass is 15.2. The van der Waals surface area contributed by atoms with Crippen LogP contribution in [0.15, 0.2) is 24.5 Å². The van der Waals surface area contributed by atoms with Gasteiger partial charge in [0.1, 0.15) is 5.82 Å². The van der Waals surface area contributed by atoms with E-state index in [0.717, 1.165) is 23.6 Å². The molecule has 0 bridgehead atoms. The largest absolute Gasteiger partial charge is 0.399 e. The van der Waals surface area contributed by atoms with Crippen molar-refractivity contribution in [3.8, 4) is 0 Å². The van der Waals surface area contributed by atoms with E-state index in [0.29, 0.717) is 6.04 Å². The molecule has 2 N–H and O–H groups in total. The number of nitrogens with two attached hydrogens (primary N) is 1. The number of hydrogen-bond acceptors (Lipinski definition) is 3. The summed E-state index contributed by atoms with van der Waals surface area (Å²) in [6.07, 6.45) is 7.71. The van der Waals surface area contributed by atoms with Crippen LogP contribution in [0.25, 0.3) is 5.52 Å². The summed E-state index contributed by atoms with van der Waals surface area (Å²) in [6.45, 7) is 1.16. The zero-order chi connectivity index (χ0) is 11.8. The molecule has 2 aromatic heterocycles. The quantitative estimate of drug-likeness (QED) is 0.815. The summed E-state index contributed by atoms with van der Waals surface area (Å²) in [6, 6.07) is 4.34. The van der Waals surface area contributed by atoms with Gasteiger partial charge >= 0.3 is 0 Å². The third kappa shape index (κ3) is 1.78. The molecule has 0 aliphatic carbocycles. The van der Waals surface area contributed by atoms with Crippen molar-refractivity contribution in [1.82, 2.24) is 14.3 Å². The van der Waals surface area contributed by atoms with Gasteiger partial charge in [0.25, 0.3) is 0 Å². The molecule has 1 fully saturated rings. The number of fused-ring (bicyclic) bond motifs is 1. The molecule has 3 rings (SSSR count). The Morgan fingerprint density at radius 1 is 1.41 bits per heavy atom. The van der Waals surface area contributed by atoms with E-state index in [-0.39, 0.29) is 0 Å². The zero-order valence-electron chi connectivity index (χ0n) is 10.1. The molecule has 1 aliphatic rings. The minimum atomic E-state index is 0.440. The van der Waals surface area contributed by atoms with E-state index in [4.69, 9.17) is 5.73 Å². The normalized spacial score (nSPS) is 22.1. The summed E-state index contributed by atoms with van der Waals surface area (Å²) < 4.78 is 2.16. The van der Waals surface area contributed by atoms with Crippen molar-refractivity contribution >= 4 is 11.2 Å². The number of imidazole rings is 1. The van der Waals surface area contributed by atoms with E-state index in [1.165, 1.54) is 19.3 Å². The van der Waals surface area contributed by atoms with Crippen LogP contribution in [0.1, 0.15) is 31.1 Å². The Labute approximate surface area is 101 Å². The van der Waals surface area contributed by atoms with Gasteiger partial charge in [0, 0.05) is 11.9 Å². The van der Waals surface area contributed by atoms with Gasteiger partial charge in [-0.25, -0.2) is 4.98 Å². The lowest BCUT2D eigenvalue weighted by molar-refractivity contribution is 0.179. The monoisotopic (exact) mass is 230 g/mol. The zero-order valence-corrected chi connectivity index (χ0v) is 10.1. The maximum Gasteiger partial charge on any atom is 0.130 e. The van der Waals surface area contributed by atoms with Crippen molar-refractivity contribution in [3.63, 3.8) is 0 Å². The standard InChI is InChI=1S/C13H18N4/c1-16-6-3-2-4-12(16)13-15-9-11-8-10(14)5-7-17(11)13/h5,7-9,12H,2-4,6,14H2,1H3. The average Bonchev–Trinajstić information content (AvgIpc) is 2.72. The van der Waals surface area contributed by atoms with Crippen LogP contribution in [-0.2, 0) is 0 Å². The van der Waals surface area contributed by atoms with E-state index in [1.807, 2.05) is 24.5 Å². The summed E-state index contributed by atoms with van der Waals surface area (Å²) in [7, 11) is 2.18. The second kappa shape index (κ2) is 4.04. The molecule has 1 saturated heterocycles. The molecule has 4 nitrogen and oxygen atoms in total. The van der Waals surface area contributed by atoms with E-state index in [9.17, 15) is 0 Å².